The largest absolute Gasteiger partial charge is 0.481 e. The van der Waals surface area contributed by atoms with Crippen molar-refractivity contribution in [3.8, 4) is 0 Å². The highest BCUT2D eigenvalue weighted by Crippen LogP contribution is 2.37. The second-order valence-corrected chi connectivity index (χ2v) is 10.1. The molecule has 158 valence electrons. The maximum Gasteiger partial charge on any atom is 0.303 e. The summed E-state index contributed by atoms with van der Waals surface area (Å²) in [5, 5.41) is 29.3. The van der Waals surface area contributed by atoms with Crippen molar-refractivity contribution >= 4 is 33.2 Å². The molecule has 1 unspecified atom stereocenters. The first-order valence-corrected chi connectivity index (χ1v) is 12.0. The molecule has 28 heavy (non-hydrogen) atoms. The fraction of sp³-hybridized carbons (Fsp3) is 0.682. The summed E-state index contributed by atoms with van der Waals surface area (Å²) in [6.45, 7) is 2.09. The van der Waals surface area contributed by atoms with Crippen LogP contribution in [0.15, 0.2) is 22.7 Å². The molecular formula is C22H33BrO4S. The van der Waals surface area contributed by atoms with Crippen molar-refractivity contribution in [1.29, 1.82) is 0 Å². The molecular weight excluding hydrogens is 440 g/mol. The SMILES string of the molecule is Cc1sc(CC[C@H](O)C=C[C@H]2CCC(O)[C@@H]2CCCCCCC(=O)O)cc1Br. The van der Waals surface area contributed by atoms with Gasteiger partial charge in [0, 0.05) is 20.6 Å². The van der Waals surface area contributed by atoms with E-state index in [0.29, 0.717) is 12.3 Å². The van der Waals surface area contributed by atoms with Crippen LogP contribution in [0.25, 0.3) is 0 Å². The van der Waals surface area contributed by atoms with Crippen LogP contribution < -0.4 is 0 Å². The molecule has 3 N–H and O–H groups in total. The van der Waals surface area contributed by atoms with Gasteiger partial charge in [-0.3, -0.25) is 4.79 Å². The third kappa shape index (κ3) is 7.97. The maximum absolute atomic E-state index is 10.5. The summed E-state index contributed by atoms with van der Waals surface area (Å²) in [6, 6.07) is 2.14. The van der Waals surface area contributed by atoms with Gasteiger partial charge < -0.3 is 15.3 Å². The van der Waals surface area contributed by atoms with Crippen LogP contribution in [0.4, 0.5) is 0 Å². The Bertz CT molecular complexity index is 623. The lowest BCUT2D eigenvalue weighted by Gasteiger charge is -2.20. The van der Waals surface area contributed by atoms with Crippen LogP contribution in [-0.4, -0.2) is 33.5 Å². The quantitative estimate of drug-likeness (QED) is 0.278. The molecule has 1 aliphatic carbocycles. The molecule has 4 nitrogen and oxygen atoms in total. The molecule has 4 atom stereocenters. The molecule has 0 bridgehead atoms. The highest BCUT2D eigenvalue weighted by Gasteiger charge is 2.32. The van der Waals surface area contributed by atoms with Gasteiger partial charge in [0.1, 0.15) is 0 Å². The zero-order valence-corrected chi connectivity index (χ0v) is 19.1. The summed E-state index contributed by atoms with van der Waals surface area (Å²) >= 11 is 5.30. The number of carbonyl (C=O) groups is 1. The zero-order valence-electron chi connectivity index (χ0n) is 16.6. The number of thiophene rings is 1. The summed E-state index contributed by atoms with van der Waals surface area (Å²) in [5.41, 5.74) is 0. The smallest absolute Gasteiger partial charge is 0.303 e. The van der Waals surface area contributed by atoms with E-state index in [1.165, 1.54) is 9.75 Å². The molecule has 0 spiro atoms. The van der Waals surface area contributed by atoms with E-state index >= 15 is 0 Å². The van der Waals surface area contributed by atoms with Crippen LogP contribution in [-0.2, 0) is 11.2 Å². The minimum atomic E-state index is -0.725. The van der Waals surface area contributed by atoms with Crippen LogP contribution in [0.2, 0.25) is 0 Å². The van der Waals surface area contributed by atoms with Crippen molar-refractivity contribution in [2.75, 3.05) is 0 Å². The number of unbranched alkanes of at least 4 members (excludes halogenated alkanes) is 3. The number of halogens is 1. The number of hydrogen-bond donors (Lipinski definition) is 3. The molecule has 0 aromatic carbocycles. The molecule has 1 aromatic rings. The third-order valence-electron chi connectivity index (χ3n) is 5.69. The van der Waals surface area contributed by atoms with Crippen molar-refractivity contribution in [1.82, 2.24) is 0 Å². The molecule has 1 fully saturated rings. The van der Waals surface area contributed by atoms with Gasteiger partial charge in [0.05, 0.1) is 12.2 Å². The van der Waals surface area contributed by atoms with E-state index in [0.717, 1.165) is 55.8 Å². The van der Waals surface area contributed by atoms with Gasteiger partial charge in [0.15, 0.2) is 0 Å². The van der Waals surface area contributed by atoms with Crippen LogP contribution >= 0.6 is 27.3 Å². The molecule has 0 radical (unpaired) electrons. The van der Waals surface area contributed by atoms with Gasteiger partial charge in [-0.15, -0.1) is 11.3 Å². The first-order valence-electron chi connectivity index (χ1n) is 10.4. The van der Waals surface area contributed by atoms with E-state index in [4.69, 9.17) is 5.11 Å². The Morgan fingerprint density at radius 2 is 2.07 bits per heavy atom. The Balaban J connectivity index is 1.71. The molecule has 2 rings (SSSR count). The minimum absolute atomic E-state index is 0.247. The summed E-state index contributed by atoms with van der Waals surface area (Å²) in [6.07, 6.45) is 11.7. The van der Waals surface area contributed by atoms with E-state index in [1.54, 1.807) is 11.3 Å². The molecule has 1 saturated carbocycles. The van der Waals surface area contributed by atoms with Crippen LogP contribution in [0, 0.1) is 18.8 Å². The van der Waals surface area contributed by atoms with Crippen molar-refractivity contribution in [2.24, 2.45) is 11.8 Å². The monoisotopic (exact) mass is 472 g/mol. The Morgan fingerprint density at radius 1 is 1.32 bits per heavy atom. The van der Waals surface area contributed by atoms with Crippen molar-refractivity contribution < 1.29 is 20.1 Å². The van der Waals surface area contributed by atoms with Crippen molar-refractivity contribution in [3.05, 3.63) is 32.4 Å². The van der Waals surface area contributed by atoms with Gasteiger partial charge in [0.2, 0.25) is 0 Å². The summed E-state index contributed by atoms with van der Waals surface area (Å²) in [4.78, 5) is 13.1. The predicted molar refractivity (Wildman–Crippen MR) is 118 cm³/mol. The second-order valence-electron chi connectivity index (χ2n) is 7.93. The first kappa shape index (κ1) is 23.6. The number of aliphatic carboxylic acids is 1. The Kier molecular flexibility index (Phi) is 10.2. The number of aliphatic hydroxyl groups excluding tert-OH is 2. The maximum atomic E-state index is 10.5. The molecule has 1 heterocycles. The van der Waals surface area contributed by atoms with E-state index in [9.17, 15) is 15.0 Å². The number of aryl methyl sites for hydroxylation is 2. The number of allylic oxidation sites excluding steroid dienone is 1. The second kappa shape index (κ2) is 12.1. The summed E-state index contributed by atoms with van der Waals surface area (Å²) < 4.78 is 1.14. The molecule has 6 heteroatoms. The Hall–Kier alpha value is -0.690. The van der Waals surface area contributed by atoms with Gasteiger partial charge in [-0.2, -0.15) is 0 Å². The average molecular weight is 473 g/mol. The van der Waals surface area contributed by atoms with Gasteiger partial charge in [-0.05, 0) is 79.3 Å². The molecule has 0 amide bonds. The molecule has 0 aliphatic heterocycles. The van der Waals surface area contributed by atoms with Crippen LogP contribution in [0.1, 0.15) is 67.5 Å². The lowest BCUT2D eigenvalue weighted by molar-refractivity contribution is -0.137. The first-order chi connectivity index (χ1) is 13.4. The van der Waals surface area contributed by atoms with Gasteiger partial charge >= 0.3 is 5.97 Å². The lowest BCUT2D eigenvalue weighted by Crippen LogP contribution is -2.18. The number of hydrogen-bond acceptors (Lipinski definition) is 4. The highest BCUT2D eigenvalue weighted by molar-refractivity contribution is 9.10. The van der Waals surface area contributed by atoms with E-state index < -0.39 is 12.1 Å². The third-order valence-corrected chi connectivity index (χ3v) is 7.89. The van der Waals surface area contributed by atoms with Crippen LogP contribution in [0.3, 0.4) is 0 Å². The summed E-state index contributed by atoms with van der Waals surface area (Å²) in [7, 11) is 0. The molecule has 0 saturated heterocycles. The average Bonchev–Trinajstić information content (AvgIpc) is 3.16. The Morgan fingerprint density at radius 3 is 2.75 bits per heavy atom. The van der Waals surface area contributed by atoms with Gasteiger partial charge in [-0.25, -0.2) is 0 Å². The molecule has 1 aromatic heterocycles. The van der Waals surface area contributed by atoms with Crippen molar-refractivity contribution in [3.63, 3.8) is 0 Å². The standard InChI is InChI=1S/C22H33BrO4S/c1-15-20(23)14-18(28-15)12-11-17(24)10-8-16-9-13-21(25)19(16)6-4-2-3-5-7-22(26)27/h8,10,14,16-17,19,21,24-25H,2-7,9,11-13H2,1H3,(H,26,27)/t16-,17+,19+,21?/m0/s1. The van der Waals surface area contributed by atoms with E-state index in [1.807, 2.05) is 6.08 Å². The van der Waals surface area contributed by atoms with Gasteiger partial charge in [0.25, 0.3) is 0 Å². The Labute approximate surface area is 180 Å². The van der Waals surface area contributed by atoms with E-state index in [-0.39, 0.29) is 18.4 Å². The topological polar surface area (TPSA) is 77.8 Å². The van der Waals surface area contributed by atoms with Gasteiger partial charge in [-0.1, -0.05) is 31.4 Å². The zero-order chi connectivity index (χ0) is 20.5. The van der Waals surface area contributed by atoms with Crippen LogP contribution in [0.5, 0.6) is 0 Å². The number of carboxylic acids is 1. The predicted octanol–water partition coefficient (Wildman–Crippen LogP) is 5.48. The molecule has 1 aliphatic rings. The minimum Gasteiger partial charge on any atom is -0.481 e. The fourth-order valence-electron chi connectivity index (χ4n) is 4.03. The summed E-state index contributed by atoms with van der Waals surface area (Å²) in [5.74, 6) is -0.127. The van der Waals surface area contributed by atoms with E-state index in [2.05, 4.69) is 35.0 Å². The lowest BCUT2D eigenvalue weighted by atomic mass is 9.88. The fourth-order valence-corrected chi connectivity index (χ4v) is 5.65. The number of carboxylic acid groups (broad SMARTS) is 1. The normalized spacial score (nSPS) is 23.5. The highest BCUT2D eigenvalue weighted by atomic mass is 79.9. The number of aliphatic hydroxyl groups is 2. The number of rotatable bonds is 12. The van der Waals surface area contributed by atoms with Crippen molar-refractivity contribution in [2.45, 2.75) is 83.3 Å².